The van der Waals surface area contributed by atoms with Gasteiger partial charge in [-0.25, -0.2) is 23.1 Å². The number of nitrogens with one attached hydrogen (secondary N) is 1. The molecule has 1 aliphatic heterocycles. The molecular weight excluding hydrogens is 304 g/mol. The van der Waals surface area contributed by atoms with Crippen LogP contribution in [-0.2, 0) is 14.8 Å². The predicted molar refractivity (Wildman–Crippen MR) is 82.8 cm³/mol. The van der Waals surface area contributed by atoms with Crippen LogP contribution >= 0.6 is 0 Å². The first kappa shape index (κ1) is 16.8. The van der Waals surface area contributed by atoms with Crippen LogP contribution in [0.4, 0.5) is 0 Å². The molecule has 0 saturated carbocycles. The Morgan fingerprint density at radius 1 is 1.41 bits per heavy atom. The third-order valence-electron chi connectivity index (χ3n) is 3.77. The van der Waals surface area contributed by atoms with Crippen LogP contribution in [0, 0.1) is 6.92 Å². The topological polar surface area (TPSA) is 92.3 Å². The second-order valence-electron chi connectivity index (χ2n) is 5.60. The highest BCUT2D eigenvalue weighted by atomic mass is 32.2. The summed E-state index contributed by atoms with van der Waals surface area (Å²) >= 11 is 0. The van der Waals surface area contributed by atoms with Gasteiger partial charge in [-0.15, -0.1) is 0 Å². The zero-order valence-electron chi connectivity index (χ0n) is 12.9. The smallest absolute Gasteiger partial charge is 0.223 e. The van der Waals surface area contributed by atoms with E-state index in [0.29, 0.717) is 19.0 Å². The second kappa shape index (κ2) is 7.15. The number of aryl methyl sites for hydroxylation is 1. The van der Waals surface area contributed by atoms with Gasteiger partial charge in [-0.1, -0.05) is 0 Å². The molecule has 1 fully saturated rings. The fraction of sp³-hybridized carbons (Fsp3) is 0.643. The number of aromatic nitrogens is 2. The summed E-state index contributed by atoms with van der Waals surface area (Å²) in [4.78, 5) is 22.4. The van der Waals surface area contributed by atoms with Gasteiger partial charge in [-0.2, -0.15) is 0 Å². The number of carbonyl (C=O) groups excluding carboxylic acids is 1. The van der Waals surface area contributed by atoms with E-state index in [-0.39, 0.29) is 18.9 Å². The molecule has 7 nitrogen and oxygen atoms in total. The maximum Gasteiger partial charge on any atom is 0.223 e. The quantitative estimate of drug-likeness (QED) is 0.847. The molecule has 0 spiro atoms. The first-order valence-corrected chi connectivity index (χ1v) is 9.26. The Morgan fingerprint density at radius 3 is 2.68 bits per heavy atom. The number of carbonyl (C=O) groups is 1. The monoisotopic (exact) mass is 326 g/mol. The van der Waals surface area contributed by atoms with Gasteiger partial charge in [-0.05, 0) is 25.8 Å². The summed E-state index contributed by atoms with van der Waals surface area (Å²) in [6, 6.07) is 1.94. The van der Waals surface area contributed by atoms with Crippen molar-refractivity contribution in [1.29, 1.82) is 0 Å². The third kappa shape index (κ3) is 5.03. The number of hydrogen-bond acceptors (Lipinski definition) is 5. The van der Waals surface area contributed by atoms with Gasteiger partial charge >= 0.3 is 0 Å². The van der Waals surface area contributed by atoms with Gasteiger partial charge < -0.3 is 4.90 Å². The van der Waals surface area contributed by atoms with Crippen molar-refractivity contribution in [3.8, 4) is 0 Å². The molecule has 1 aliphatic rings. The summed E-state index contributed by atoms with van der Waals surface area (Å²) in [5.41, 5.74) is 1.04. The van der Waals surface area contributed by atoms with Crippen LogP contribution < -0.4 is 4.72 Å². The van der Waals surface area contributed by atoms with Crippen molar-refractivity contribution in [3.05, 3.63) is 23.8 Å². The van der Waals surface area contributed by atoms with Crippen molar-refractivity contribution in [3.63, 3.8) is 0 Å². The first-order chi connectivity index (χ1) is 10.3. The molecule has 1 aromatic heterocycles. The Labute approximate surface area is 131 Å². The Morgan fingerprint density at radius 2 is 2.09 bits per heavy atom. The van der Waals surface area contributed by atoms with Crippen molar-refractivity contribution in [2.24, 2.45) is 0 Å². The van der Waals surface area contributed by atoms with Crippen LogP contribution in [0.15, 0.2) is 12.3 Å². The van der Waals surface area contributed by atoms with E-state index >= 15 is 0 Å². The van der Waals surface area contributed by atoms with Crippen molar-refractivity contribution in [2.45, 2.75) is 32.1 Å². The second-order valence-corrected chi connectivity index (χ2v) is 7.43. The summed E-state index contributed by atoms with van der Waals surface area (Å²) in [7, 11) is -3.23. The average molecular weight is 326 g/mol. The molecule has 1 N–H and O–H groups in total. The van der Waals surface area contributed by atoms with Crippen molar-refractivity contribution in [1.82, 2.24) is 19.6 Å². The molecule has 0 aromatic carbocycles. The minimum Gasteiger partial charge on any atom is -0.343 e. The van der Waals surface area contributed by atoms with Gasteiger partial charge in [-0.3, -0.25) is 4.79 Å². The lowest BCUT2D eigenvalue weighted by Gasteiger charge is -2.31. The van der Waals surface area contributed by atoms with Crippen LogP contribution in [0.3, 0.4) is 0 Å². The molecule has 0 unspecified atom stereocenters. The number of nitrogens with zero attached hydrogens (tertiary/aromatic N) is 3. The molecule has 1 aromatic rings. The Kier molecular flexibility index (Phi) is 5.47. The molecule has 2 rings (SSSR count). The minimum atomic E-state index is -3.23. The van der Waals surface area contributed by atoms with Gasteiger partial charge in [0.2, 0.25) is 15.9 Å². The SMILES string of the molecule is Cc1nccc(C2CCN(C(=O)CCNS(C)(=O)=O)CC2)n1. The Bertz CT molecular complexity index is 625. The number of rotatable bonds is 5. The molecule has 2 heterocycles. The molecule has 0 radical (unpaired) electrons. The third-order valence-corrected chi connectivity index (χ3v) is 4.50. The van der Waals surface area contributed by atoms with Crippen molar-refractivity contribution in [2.75, 3.05) is 25.9 Å². The maximum atomic E-state index is 12.0. The van der Waals surface area contributed by atoms with Gasteiger partial charge in [0.15, 0.2) is 0 Å². The van der Waals surface area contributed by atoms with Crippen LogP contribution in [0.5, 0.6) is 0 Å². The van der Waals surface area contributed by atoms with Crippen LogP contribution in [0.1, 0.15) is 36.7 Å². The van der Waals surface area contributed by atoms with E-state index in [0.717, 1.165) is 30.6 Å². The zero-order valence-corrected chi connectivity index (χ0v) is 13.8. The van der Waals surface area contributed by atoms with Crippen LogP contribution in [-0.4, -0.2) is 55.1 Å². The van der Waals surface area contributed by atoms with Crippen molar-refractivity contribution >= 4 is 15.9 Å². The van der Waals surface area contributed by atoms with E-state index in [1.807, 2.05) is 13.0 Å². The highest BCUT2D eigenvalue weighted by Gasteiger charge is 2.24. The summed E-state index contributed by atoms with van der Waals surface area (Å²) < 4.78 is 24.3. The maximum absolute atomic E-state index is 12.0. The highest BCUT2D eigenvalue weighted by molar-refractivity contribution is 7.88. The number of piperidine rings is 1. The molecule has 8 heteroatoms. The Hall–Kier alpha value is -1.54. The predicted octanol–water partition coefficient (Wildman–Crippen LogP) is 0.430. The molecule has 22 heavy (non-hydrogen) atoms. The molecule has 0 bridgehead atoms. The summed E-state index contributed by atoms with van der Waals surface area (Å²) in [5.74, 6) is 1.12. The van der Waals surface area contributed by atoms with E-state index in [1.165, 1.54) is 0 Å². The van der Waals surface area contributed by atoms with Crippen molar-refractivity contribution < 1.29 is 13.2 Å². The molecular formula is C14H22N4O3S. The minimum absolute atomic E-state index is 0.00605. The van der Waals surface area contributed by atoms with Gasteiger partial charge in [0, 0.05) is 43.9 Å². The van der Waals surface area contributed by atoms with E-state index in [2.05, 4.69) is 14.7 Å². The van der Waals surface area contributed by atoms with E-state index in [1.54, 1.807) is 11.1 Å². The fourth-order valence-corrected chi connectivity index (χ4v) is 3.10. The first-order valence-electron chi connectivity index (χ1n) is 7.37. The summed E-state index contributed by atoms with van der Waals surface area (Å²) in [6.45, 7) is 3.40. The van der Waals surface area contributed by atoms with E-state index in [9.17, 15) is 13.2 Å². The fourth-order valence-electron chi connectivity index (χ4n) is 2.63. The molecule has 122 valence electrons. The van der Waals surface area contributed by atoms with Gasteiger partial charge in [0.1, 0.15) is 5.82 Å². The van der Waals surface area contributed by atoms with Crippen LogP contribution in [0.25, 0.3) is 0 Å². The standard InChI is InChI=1S/C14H22N4O3S/c1-11-15-7-3-13(17-11)12-5-9-18(10-6-12)14(19)4-8-16-22(2,20)21/h3,7,12,16H,4-6,8-10H2,1-2H3. The Balaban J connectivity index is 1.80. The van der Waals surface area contributed by atoms with Gasteiger partial charge in [0.05, 0.1) is 6.26 Å². The number of hydrogen-bond donors (Lipinski definition) is 1. The summed E-state index contributed by atoms with van der Waals surface area (Å²) in [6.07, 6.45) is 4.81. The number of likely N-dealkylation sites (tertiary alicyclic amines) is 1. The molecule has 0 aliphatic carbocycles. The van der Waals surface area contributed by atoms with E-state index < -0.39 is 10.0 Å². The van der Waals surface area contributed by atoms with Gasteiger partial charge in [0.25, 0.3) is 0 Å². The number of amides is 1. The van der Waals surface area contributed by atoms with Crippen LogP contribution in [0.2, 0.25) is 0 Å². The number of sulfonamides is 1. The molecule has 1 amide bonds. The molecule has 0 atom stereocenters. The summed E-state index contributed by atoms with van der Waals surface area (Å²) in [5, 5.41) is 0. The lowest BCUT2D eigenvalue weighted by molar-refractivity contribution is -0.132. The van der Waals surface area contributed by atoms with E-state index in [4.69, 9.17) is 0 Å². The lowest BCUT2D eigenvalue weighted by atomic mass is 9.93. The lowest BCUT2D eigenvalue weighted by Crippen LogP contribution is -2.39. The zero-order chi connectivity index (χ0) is 16.2. The normalized spacial score (nSPS) is 16.7. The molecule has 1 saturated heterocycles. The average Bonchev–Trinajstić information content (AvgIpc) is 2.46. The highest BCUT2D eigenvalue weighted by Crippen LogP contribution is 2.26. The largest absolute Gasteiger partial charge is 0.343 e.